The van der Waals surface area contributed by atoms with Gasteiger partial charge in [-0.1, -0.05) is 0 Å². The first-order valence-corrected chi connectivity index (χ1v) is 5.36. The van der Waals surface area contributed by atoms with Crippen LogP contribution in [0.1, 0.15) is 9.80 Å². The summed E-state index contributed by atoms with van der Waals surface area (Å²) in [6, 6.07) is 0. The molecule has 0 aromatic carbocycles. The second kappa shape index (κ2) is 3.30. The minimum atomic E-state index is -4.23. The first kappa shape index (κ1) is 9.30. The quantitative estimate of drug-likeness (QED) is 0.566. The van der Waals surface area contributed by atoms with Crippen LogP contribution in [0.15, 0.2) is 11.6 Å². The third-order valence-corrected chi connectivity index (χ3v) is 2.43. The summed E-state index contributed by atoms with van der Waals surface area (Å²) >= 11 is 1.04. The highest BCUT2D eigenvalue weighted by atomic mass is 32.2. The molecule has 0 atom stereocenters. The highest BCUT2D eigenvalue weighted by molar-refractivity contribution is 7.86. The predicted octanol–water partition coefficient (Wildman–Crippen LogP) is 0.214. The number of carbonyl (C=O) groups excluding carboxylic acids is 1. The maximum Gasteiger partial charge on any atom is 0.272 e. The lowest BCUT2D eigenvalue weighted by molar-refractivity contribution is 0.101. The van der Waals surface area contributed by atoms with Crippen LogP contribution in [0.5, 0.6) is 0 Å². The Morgan fingerprint density at radius 3 is 2.75 bits per heavy atom. The van der Waals surface area contributed by atoms with Crippen molar-refractivity contribution in [3.8, 4) is 0 Å². The SMILES string of the molecule is O=C(CS(=O)(=O)O)c1nccs1. The van der Waals surface area contributed by atoms with Crippen LogP contribution in [0.2, 0.25) is 0 Å². The number of Topliss-reactive ketones (excluding diaryl/α,β-unsaturated/α-hetero) is 1. The van der Waals surface area contributed by atoms with Crippen molar-refractivity contribution in [2.45, 2.75) is 0 Å². The molecule has 1 aromatic rings. The molecular weight excluding hydrogens is 202 g/mol. The Kier molecular flexibility index (Phi) is 2.55. The lowest BCUT2D eigenvalue weighted by Gasteiger charge is -1.91. The maximum absolute atomic E-state index is 10.9. The van der Waals surface area contributed by atoms with Gasteiger partial charge in [0.05, 0.1) is 0 Å². The van der Waals surface area contributed by atoms with Crippen LogP contribution in [0.3, 0.4) is 0 Å². The third kappa shape index (κ3) is 2.68. The number of ketones is 1. The molecular formula is C5H5NO4S2. The molecule has 0 amide bonds. The van der Waals surface area contributed by atoms with Crippen molar-refractivity contribution in [1.29, 1.82) is 0 Å². The minimum Gasteiger partial charge on any atom is -0.290 e. The lowest BCUT2D eigenvalue weighted by Crippen LogP contribution is -2.14. The molecule has 1 N–H and O–H groups in total. The topological polar surface area (TPSA) is 84.3 Å². The zero-order chi connectivity index (χ0) is 9.19. The summed E-state index contributed by atoms with van der Waals surface area (Å²) in [5.41, 5.74) is 0. The largest absolute Gasteiger partial charge is 0.290 e. The van der Waals surface area contributed by atoms with Crippen LogP contribution < -0.4 is 0 Å². The van der Waals surface area contributed by atoms with Crippen molar-refractivity contribution in [3.63, 3.8) is 0 Å². The van der Waals surface area contributed by atoms with Crippen molar-refractivity contribution in [3.05, 3.63) is 16.6 Å². The van der Waals surface area contributed by atoms with E-state index in [2.05, 4.69) is 4.98 Å². The molecule has 1 heterocycles. The molecule has 0 unspecified atom stereocenters. The number of carbonyl (C=O) groups is 1. The molecule has 12 heavy (non-hydrogen) atoms. The van der Waals surface area contributed by atoms with Gasteiger partial charge < -0.3 is 0 Å². The highest BCUT2D eigenvalue weighted by Gasteiger charge is 2.16. The molecule has 0 aliphatic carbocycles. The Morgan fingerprint density at radius 1 is 1.67 bits per heavy atom. The molecule has 0 aliphatic heterocycles. The van der Waals surface area contributed by atoms with E-state index in [1.54, 1.807) is 5.38 Å². The summed E-state index contributed by atoms with van der Waals surface area (Å²) in [6.45, 7) is 0. The molecule has 0 saturated heterocycles. The summed E-state index contributed by atoms with van der Waals surface area (Å²) in [7, 11) is -4.23. The minimum absolute atomic E-state index is 0.0904. The Morgan fingerprint density at radius 2 is 2.33 bits per heavy atom. The van der Waals surface area contributed by atoms with E-state index in [9.17, 15) is 13.2 Å². The van der Waals surface area contributed by atoms with E-state index in [0.717, 1.165) is 11.3 Å². The van der Waals surface area contributed by atoms with E-state index in [-0.39, 0.29) is 5.01 Å². The Hall–Kier alpha value is -0.790. The van der Waals surface area contributed by atoms with Crippen molar-refractivity contribution in [2.75, 3.05) is 5.75 Å². The first-order chi connectivity index (χ1) is 5.49. The van der Waals surface area contributed by atoms with Crippen molar-refractivity contribution >= 4 is 27.2 Å². The van der Waals surface area contributed by atoms with Gasteiger partial charge in [-0.3, -0.25) is 9.35 Å². The number of thiazole rings is 1. The second-order valence-electron chi connectivity index (χ2n) is 1.99. The van der Waals surface area contributed by atoms with Gasteiger partial charge in [-0.25, -0.2) is 4.98 Å². The smallest absolute Gasteiger partial charge is 0.272 e. The lowest BCUT2D eigenvalue weighted by atomic mass is 10.5. The summed E-state index contributed by atoms with van der Waals surface area (Å²) in [5, 5.41) is 1.64. The number of nitrogens with zero attached hydrogens (tertiary/aromatic N) is 1. The molecule has 66 valence electrons. The maximum atomic E-state index is 10.9. The molecule has 7 heteroatoms. The van der Waals surface area contributed by atoms with E-state index in [4.69, 9.17) is 4.55 Å². The second-order valence-corrected chi connectivity index (χ2v) is 4.33. The standard InChI is InChI=1S/C5H5NO4S2/c7-4(3-12(8,9)10)5-6-1-2-11-5/h1-2H,3H2,(H,8,9,10). The average Bonchev–Trinajstić information content (AvgIpc) is 2.32. The van der Waals surface area contributed by atoms with E-state index in [1.165, 1.54) is 6.20 Å². The monoisotopic (exact) mass is 207 g/mol. The Bertz CT molecular complexity index is 366. The van der Waals surface area contributed by atoms with Gasteiger partial charge in [0, 0.05) is 11.6 Å². The van der Waals surface area contributed by atoms with Gasteiger partial charge >= 0.3 is 0 Å². The third-order valence-electron chi connectivity index (χ3n) is 0.984. The van der Waals surface area contributed by atoms with Gasteiger partial charge in [-0.2, -0.15) is 8.42 Å². The molecule has 0 spiro atoms. The van der Waals surface area contributed by atoms with Crippen LogP contribution in [0, 0.1) is 0 Å². The number of hydrogen-bond acceptors (Lipinski definition) is 5. The normalized spacial score (nSPS) is 11.4. The molecule has 0 radical (unpaired) electrons. The fourth-order valence-electron chi connectivity index (χ4n) is 0.589. The zero-order valence-electron chi connectivity index (χ0n) is 5.80. The van der Waals surface area contributed by atoms with Gasteiger partial charge in [0.1, 0.15) is 5.75 Å². The van der Waals surface area contributed by atoms with Crippen LogP contribution in [-0.4, -0.2) is 29.5 Å². The van der Waals surface area contributed by atoms with Gasteiger partial charge in [-0.05, 0) is 0 Å². The van der Waals surface area contributed by atoms with Crippen molar-refractivity contribution in [1.82, 2.24) is 4.98 Å². The van der Waals surface area contributed by atoms with Gasteiger partial charge in [0.25, 0.3) is 10.1 Å². The molecule has 0 fully saturated rings. The van der Waals surface area contributed by atoms with E-state index >= 15 is 0 Å². The average molecular weight is 207 g/mol. The van der Waals surface area contributed by atoms with E-state index in [0.29, 0.717) is 0 Å². The summed E-state index contributed by atoms with van der Waals surface area (Å²) < 4.78 is 28.8. The molecule has 0 saturated carbocycles. The number of rotatable bonds is 3. The fraction of sp³-hybridized carbons (Fsp3) is 0.200. The number of hydrogen-bond donors (Lipinski definition) is 1. The van der Waals surface area contributed by atoms with Crippen LogP contribution >= 0.6 is 11.3 Å². The van der Waals surface area contributed by atoms with Crippen LogP contribution in [-0.2, 0) is 10.1 Å². The van der Waals surface area contributed by atoms with Crippen LogP contribution in [0.25, 0.3) is 0 Å². The molecule has 0 aliphatic rings. The first-order valence-electron chi connectivity index (χ1n) is 2.87. The molecule has 5 nitrogen and oxygen atoms in total. The summed E-state index contributed by atoms with van der Waals surface area (Å²) in [5.74, 6) is -1.59. The van der Waals surface area contributed by atoms with Crippen molar-refractivity contribution in [2.24, 2.45) is 0 Å². The zero-order valence-corrected chi connectivity index (χ0v) is 7.43. The van der Waals surface area contributed by atoms with Gasteiger partial charge in [0.15, 0.2) is 5.01 Å². The van der Waals surface area contributed by atoms with Crippen LogP contribution in [0.4, 0.5) is 0 Å². The summed E-state index contributed by atoms with van der Waals surface area (Å²) in [6.07, 6.45) is 1.39. The number of aromatic nitrogens is 1. The van der Waals surface area contributed by atoms with E-state index < -0.39 is 21.7 Å². The van der Waals surface area contributed by atoms with E-state index in [1.807, 2.05) is 0 Å². The van der Waals surface area contributed by atoms with Gasteiger partial charge in [0.2, 0.25) is 5.78 Å². The Labute approximate surface area is 72.8 Å². The highest BCUT2D eigenvalue weighted by Crippen LogP contribution is 2.05. The summed E-state index contributed by atoms with van der Waals surface area (Å²) in [4.78, 5) is 14.5. The predicted molar refractivity (Wildman–Crippen MR) is 42.9 cm³/mol. The molecule has 1 rings (SSSR count). The fourth-order valence-corrected chi connectivity index (χ4v) is 1.72. The van der Waals surface area contributed by atoms with Crippen molar-refractivity contribution < 1.29 is 17.8 Å². The molecule has 0 bridgehead atoms. The van der Waals surface area contributed by atoms with Gasteiger partial charge in [-0.15, -0.1) is 11.3 Å². The Balaban J connectivity index is 2.76. The molecule has 1 aromatic heterocycles.